The molecule has 0 radical (unpaired) electrons. The van der Waals surface area contributed by atoms with Crippen molar-refractivity contribution in [3.8, 4) is 28.8 Å². The van der Waals surface area contributed by atoms with Gasteiger partial charge in [-0.15, -0.1) is 0 Å². The molecule has 0 aliphatic rings. The number of rotatable bonds is 5. The minimum absolute atomic E-state index is 0.115. The summed E-state index contributed by atoms with van der Waals surface area (Å²) in [5.41, 5.74) is 0.331. The zero-order valence-electron chi connectivity index (χ0n) is 14.9. The Morgan fingerprint density at radius 2 is 1.79 bits per heavy atom. The van der Waals surface area contributed by atoms with Gasteiger partial charge < -0.3 is 14.9 Å². The molecule has 1 aromatic heterocycles. The average molecular weight is 400 g/mol. The number of aliphatic hydroxyl groups is 2. The van der Waals surface area contributed by atoms with Crippen molar-refractivity contribution in [2.75, 3.05) is 6.61 Å². The molecule has 2 N–H and O–H groups in total. The van der Waals surface area contributed by atoms with Gasteiger partial charge in [-0.05, 0) is 54.6 Å². The van der Waals surface area contributed by atoms with Crippen molar-refractivity contribution in [2.45, 2.75) is 12.3 Å². The topological polar surface area (TPSA) is 86.4 Å². The summed E-state index contributed by atoms with van der Waals surface area (Å²) in [5.74, 6) is -0.231. The number of pyridine rings is 1. The van der Waals surface area contributed by atoms with Crippen LogP contribution in [0.2, 0.25) is 0 Å². The van der Waals surface area contributed by atoms with Gasteiger partial charge in [-0.1, -0.05) is 6.07 Å². The molecular formula is C21H15F3N2O3. The van der Waals surface area contributed by atoms with Gasteiger partial charge in [-0.25, -0.2) is 4.98 Å². The van der Waals surface area contributed by atoms with Crippen molar-refractivity contribution in [1.82, 2.24) is 4.98 Å². The maximum Gasteiger partial charge on any atom is 0.420 e. The molecule has 3 rings (SSSR count). The maximum absolute atomic E-state index is 13.2. The lowest BCUT2D eigenvalue weighted by atomic mass is 10.1. The molecule has 0 unspecified atom stereocenters. The summed E-state index contributed by atoms with van der Waals surface area (Å²) in [5, 5.41) is 27.6. The maximum atomic E-state index is 13.2. The van der Waals surface area contributed by atoms with Gasteiger partial charge in [0.2, 0.25) is 0 Å². The monoisotopic (exact) mass is 400 g/mol. The molecule has 0 fully saturated rings. The summed E-state index contributed by atoms with van der Waals surface area (Å²) in [6.07, 6.45) is -5.77. The quantitative estimate of drug-likeness (QED) is 0.661. The van der Waals surface area contributed by atoms with E-state index < -0.39 is 30.2 Å². The van der Waals surface area contributed by atoms with Crippen molar-refractivity contribution >= 4 is 0 Å². The highest BCUT2D eigenvalue weighted by Crippen LogP contribution is 2.39. The molecule has 0 amide bonds. The zero-order valence-corrected chi connectivity index (χ0v) is 14.9. The summed E-state index contributed by atoms with van der Waals surface area (Å²) >= 11 is 0. The molecule has 29 heavy (non-hydrogen) atoms. The highest BCUT2D eigenvalue weighted by Gasteiger charge is 2.35. The molecule has 2 aromatic carbocycles. The number of aliphatic hydroxyl groups excluding tert-OH is 2. The van der Waals surface area contributed by atoms with Gasteiger partial charge in [0.15, 0.2) is 0 Å². The number of hydrogen-bond acceptors (Lipinski definition) is 5. The first kappa shape index (κ1) is 20.3. The minimum Gasteiger partial charge on any atom is -0.457 e. The molecule has 0 spiro atoms. The number of ether oxygens (including phenoxy) is 1. The number of nitriles is 1. The average Bonchev–Trinajstić information content (AvgIpc) is 2.73. The van der Waals surface area contributed by atoms with Crippen LogP contribution in [-0.2, 0) is 6.18 Å². The van der Waals surface area contributed by atoms with Crippen molar-refractivity contribution in [1.29, 1.82) is 5.26 Å². The Labute approximate surface area is 164 Å². The van der Waals surface area contributed by atoms with Crippen LogP contribution in [0.25, 0.3) is 11.3 Å². The molecule has 0 saturated heterocycles. The van der Waals surface area contributed by atoms with Gasteiger partial charge in [0.25, 0.3) is 0 Å². The molecule has 148 valence electrons. The van der Waals surface area contributed by atoms with Crippen LogP contribution in [0.15, 0.2) is 60.7 Å². The summed E-state index contributed by atoms with van der Waals surface area (Å²) in [7, 11) is 0. The van der Waals surface area contributed by atoms with E-state index in [1.54, 1.807) is 36.4 Å². The van der Waals surface area contributed by atoms with Crippen LogP contribution in [0.4, 0.5) is 13.2 Å². The standard InChI is InChI=1S/C21H15F3N2O3/c22-21(23,24)16-10-13(11-25)4-9-20(16)29-15-7-5-14(6-8-15)17-2-1-3-18(26-17)19(28)12-27/h1-10,19,27-28H,12H2/t19-/m1/s1. The van der Waals surface area contributed by atoms with Crippen LogP contribution in [-0.4, -0.2) is 21.8 Å². The van der Waals surface area contributed by atoms with Crippen LogP contribution in [0.1, 0.15) is 22.9 Å². The fourth-order valence-corrected chi connectivity index (χ4v) is 2.62. The van der Waals surface area contributed by atoms with Crippen molar-refractivity contribution < 1.29 is 28.1 Å². The summed E-state index contributed by atoms with van der Waals surface area (Å²) in [6, 6.07) is 15.9. The number of aromatic nitrogens is 1. The Hall–Kier alpha value is -3.41. The summed E-state index contributed by atoms with van der Waals surface area (Å²) in [6.45, 7) is -0.463. The largest absolute Gasteiger partial charge is 0.457 e. The Morgan fingerprint density at radius 1 is 1.07 bits per heavy atom. The summed E-state index contributed by atoms with van der Waals surface area (Å²) < 4.78 is 45.1. The number of benzene rings is 2. The number of alkyl halides is 3. The second-order valence-electron chi connectivity index (χ2n) is 6.09. The molecule has 8 heteroatoms. The highest BCUT2D eigenvalue weighted by molar-refractivity contribution is 5.60. The lowest BCUT2D eigenvalue weighted by Crippen LogP contribution is -2.07. The molecule has 0 aliphatic carbocycles. The molecular weight excluding hydrogens is 385 g/mol. The van der Waals surface area contributed by atoms with E-state index in [1.807, 2.05) is 0 Å². The highest BCUT2D eigenvalue weighted by atomic mass is 19.4. The second-order valence-corrected chi connectivity index (χ2v) is 6.09. The fourth-order valence-electron chi connectivity index (χ4n) is 2.62. The summed E-state index contributed by atoms with van der Waals surface area (Å²) in [4.78, 5) is 4.26. The van der Waals surface area contributed by atoms with Gasteiger partial charge in [0.05, 0.1) is 35.2 Å². The lowest BCUT2D eigenvalue weighted by molar-refractivity contribution is -0.138. The molecule has 0 aliphatic heterocycles. The number of hydrogen-bond donors (Lipinski definition) is 2. The van der Waals surface area contributed by atoms with Crippen LogP contribution in [0, 0.1) is 11.3 Å². The van der Waals surface area contributed by atoms with Crippen molar-refractivity contribution in [3.63, 3.8) is 0 Å². The van der Waals surface area contributed by atoms with E-state index in [4.69, 9.17) is 15.1 Å². The van der Waals surface area contributed by atoms with Gasteiger partial charge in [0, 0.05) is 5.56 Å². The van der Waals surface area contributed by atoms with E-state index in [0.29, 0.717) is 17.0 Å². The third kappa shape index (κ3) is 4.71. The third-order valence-corrected chi connectivity index (χ3v) is 4.08. The Kier molecular flexibility index (Phi) is 5.82. The number of halogens is 3. The Morgan fingerprint density at radius 3 is 2.41 bits per heavy atom. The fraction of sp³-hybridized carbons (Fsp3) is 0.143. The first-order valence-corrected chi connectivity index (χ1v) is 8.47. The lowest BCUT2D eigenvalue weighted by Gasteiger charge is -2.14. The third-order valence-electron chi connectivity index (χ3n) is 4.08. The van der Waals surface area contributed by atoms with Gasteiger partial charge in [-0.3, -0.25) is 0 Å². The van der Waals surface area contributed by atoms with Gasteiger partial charge in [0.1, 0.15) is 17.6 Å². The molecule has 1 atom stereocenters. The van der Waals surface area contributed by atoms with Gasteiger partial charge >= 0.3 is 6.18 Å². The molecule has 0 bridgehead atoms. The van der Waals surface area contributed by atoms with Crippen LogP contribution in [0.5, 0.6) is 11.5 Å². The van der Waals surface area contributed by atoms with E-state index in [1.165, 1.54) is 18.2 Å². The zero-order chi connectivity index (χ0) is 21.0. The van der Waals surface area contributed by atoms with Crippen molar-refractivity contribution in [2.24, 2.45) is 0 Å². The molecule has 3 aromatic rings. The van der Waals surface area contributed by atoms with E-state index in [9.17, 15) is 18.3 Å². The smallest absolute Gasteiger partial charge is 0.420 e. The van der Waals surface area contributed by atoms with E-state index >= 15 is 0 Å². The first-order valence-electron chi connectivity index (χ1n) is 8.47. The number of nitrogens with zero attached hydrogens (tertiary/aromatic N) is 2. The minimum atomic E-state index is -4.67. The van der Waals surface area contributed by atoms with Gasteiger partial charge in [-0.2, -0.15) is 18.4 Å². The van der Waals surface area contributed by atoms with E-state index in [0.717, 1.165) is 12.1 Å². The predicted octanol–water partition coefficient (Wildman–Crippen LogP) is 4.46. The predicted molar refractivity (Wildman–Crippen MR) is 98.0 cm³/mol. The second kappa shape index (κ2) is 8.31. The Balaban J connectivity index is 1.86. The SMILES string of the molecule is N#Cc1ccc(Oc2ccc(-c3cccc([C@H](O)CO)n3)cc2)c(C(F)(F)F)c1. The first-order chi connectivity index (χ1) is 13.8. The molecule has 0 saturated carbocycles. The van der Waals surface area contributed by atoms with Crippen LogP contribution < -0.4 is 4.74 Å². The molecule has 1 heterocycles. The normalized spacial score (nSPS) is 12.3. The van der Waals surface area contributed by atoms with Crippen molar-refractivity contribution in [3.05, 3.63) is 77.5 Å². The molecule has 5 nitrogen and oxygen atoms in total. The van der Waals surface area contributed by atoms with Crippen LogP contribution in [0.3, 0.4) is 0 Å². The Bertz CT molecular complexity index is 1040. The van der Waals surface area contributed by atoms with E-state index in [2.05, 4.69) is 4.98 Å². The van der Waals surface area contributed by atoms with E-state index in [-0.39, 0.29) is 11.3 Å². The van der Waals surface area contributed by atoms with Crippen LogP contribution >= 0.6 is 0 Å².